The number of hydrogen-bond acceptors (Lipinski definition) is 4. The molecule has 0 saturated heterocycles. The molecule has 0 aliphatic rings. The number of nitrogens with one attached hydrogen (secondary N) is 1. The molecule has 1 N–H and O–H groups in total. The Labute approximate surface area is 193 Å². The van der Waals surface area contributed by atoms with Gasteiger partial charge in [0.2, 0.25) is 0 Å². The summed E-state index contributed by atoms with van der Waals surface area (Å²) in [6.07, 6.45) is 0. The van der Waals surface area contributed by atoms with Crippen LogP contribution in [0.5, 0.6) is 0 Å². The Morgan fingerprint density at radius 1 is 0.636 bits per heavy atom. The van der Waals surface area contributed by atoms with Crippen LogP contribution in [0.2, 0.25) is 0 Å². The average Bonchev–Trinajstić information content (AvgIpc) is 3.27. The summed E-state index contributed by atoms with van der Waals surface area (Å²) < 4.78 is 1.91. The minimum absolute atomic E-state index is 0.640. The lowest BCUT2D eigenvalue weighted by molar-refractivity contribution is 0.878. The van der Waals surface area contributed by atoms with E-state index >= 15 is 0 Å². The molecular weight excluding hydrogens is 406 g/mol. The van der Waals surface area contributed by atoms with Crippen LogP contribution in [-0.4, -0.2) is 9.78 Å². The van der Waals surface area contributed by atoms with E-state index in [0.29, 0.717) is 12.2 Å². The fourth-order valence-electron chi connectivity index (χ4n) is 3.59. The average molecular weight is 430 g/mol. The minimum atomic E-state index is 0.640. The van der Waals surface area contributed by atoms with Gasteiger partial charge in [0, 0.05) is 12.1 Å². The van der Waals surface area contributed by atoms with E-state index < -0.39 is 0 Å². The van der Waals surface area contributed by atoms with E-state index in [1.54, 1.807) is 0 Å². The van der Waals surface area contributed by atoms with Gasteiger partial charge in [-0.25, -0.2) is 4.68 Å². The van der Waals surface area contributed by atoms with Gasteiger partial charge >= 0.3 is 0 Å². The summed E-state index contributed by atoms with van der Waals surface area (Å²) >= 11 is 0. The van der Waals surface area contributed by atoms with Crippen LogP contribution in [0.4, 0.5) is 17.2 Å². The lowest BCUT2D eigenvalue weighted by Gasteiger charge is -2.10. The molecule has 4 aromatic carbocycles. The molecule has 0 aliphatic heterocycles. The molecule has 0 spiro atoms. The van der Waals surface area contributed by atoms with Gasteiger partial charge in [0.05, 0.1) is 11.4 Å². The Kier molecular flexibility index (Phi) is 6.02. The first-order valence-corrected chi connectivity index (χ1v) is 10.9. The van der Waals surface area contributed by atoms with Crippen LogP contribution in [0.3, 0.4) is 0 Å². The highest BCUT2D eigenvalue weighted by atomic mass is 15.4. The number of anilines is 1. The standard InChI is InChI=1S/C28H23N5/c1-5-13-22(14-6-1)21-29-28-27(31-30-24-17-9-3-10-18-24)26(23-15-7-2-8-16-23)32-33(28)25-19-11-4-12-20-25/h1-20,29H,21H2. The third kappa shape index (κ3) is 4.72. The molecule has 0 atom stereocenters. The van der Waals surface area contributed by atoms with Crippen molar-refractivity contribution in [1.29, 1.82) is 0 Å². The second kappa shape index (κ2) is 9.75. The molecule has 5 aromatic rings. The van der Waals surface area contributed by atoms with Crippen LogP contribution in [0.25, 0.3) is 16.9 Å². The second-order valence-electron chi connectivity index (χ2n) is 7.53. The van der Waals surface area contributed by atoms with Crippen LogP contribution < -0.4 is 5.32 Å². The molecule has 0 aliphatic carbocycles. The smallest absolute Gasteiger partial charge is 0.158 e. The van der Waals surface area contributed by atoms with Gasteiger partial charge in [-0.3, -0.25) is 0 Å². The number of azo groups is 1. The molecule has 0 radical (unpaired) electrons. The van der Waals surface area contributed by atoms with Gasteiger partial charge in [0.1, 0.15) is 5.69 Å². The van der Waals surface area contributed by atoms with Crippen molar-refractivity contribution in [3.8, 4) is 16.9 Å². The van der Waals surface area contributed by atoms with Gasteiger partial charge in [-0.05, 0) is 29.8 Å². The zero-order chi connectivity index (χ0) is 22.3. The van der Waals surface area contributed by atoms with E-state index in [1.807, 2.05) is 114 Å². The Morgan fingerprint density at radius 3 is 1.88 bits per heavy atom. The molecule has 0 saturated carbocycles. The van der Waals surface area contributed by atoms with Crippen molar-refractivity contribution in [3.05, 3.63) is 127 Å². The third-order valence-corrected chi connectivity index (χ3v) is 5.23. The van der Waals surface area contributed by atoms with E-state index in [9.17, 15) is 0 Å². The molecule has 160 valence electrons. The Morgan fingerprint density at radius 2 is 1.21 bits per heavy atom. The van der Waals surface area contributed by atoms with Crippen molar-refractivity contribution >= 4 is 17.2 Å². The number of rotatable bonds is 7. The molecule has 5 nitrogen and oxygen atoms in total. The molecule has 5 heteroatoms. The molecular formula is C28H23N5. The first-order valence-electron chi connectivity index (χ1n) is 10.9. The molecule has 33 heavy (non-hydrogen) atoms. The summed E-state index contributed by atoms with van der Waals surface area (Å²) in [4.78, 5) is 0. The van der Waals surface area contributed by atoms with Gasteiger partial charge in [-0.2, -0.15) is 10.2 Å². The highest BCUT2D eigenvalue weighted by Gasteiger charge is 2.20. The summed E-state index contributed by atoms with van der Waals surface area (Å²) in [5, 5.41) is 17.8. The molecule has 1 aromatic heterocycles. The lowest BCUT2D eigenvalue weighted by atomic mass is 10.1. The second-order valence-corrected chi connectivity index (χ2v) is 7.53. The first kappa shape index (κ1) is 20.4. The predicted octanol–water partition coefficient (Wildman–Crippen LogP) is 7.57. The maximum Gasteiger partial charge on any atom is 0.158 e. The number of aromatic nitrogens is 2. The van der Waals surface area contributed by atoms with Crippen molar-refractivity contribution in [2.75, 3.05) is 5.32 Å². The minimum Gasteiger partial charge on any atom is -0.364 e. The monoisotopic (exact) mass is 429 g/mol. The van der Waals surface area contributed by atoms with E-state index in [0.717, 1.165) is 28.5 Å². The quantitative estimate of drug-likeness (QED) is 0.271. The van der Waals surface area contributed by atoms with Crippen molar-refractivity contribution in [2.45, 2.75) is 6.54 Å². The lowest BCUT2D eigenvalue weighted by Crippen LogP contribution is -2.06. The van der Waals surface area contributed by atoms with Crippen molar-refractivity contribution in [2.24, 2.45) is 10.2 Å². The molecule has 0 fully saturated rings. The SMILES string of the molecule is c1ccc(CNc2c(N=Nc3ccccc3)c(-c3ccccc3)nn2-c2ccccc2)cc1. The summed E-state index contributed by atoms with van der Waals surface area (Å²) in [7, 11) is 0. The summed E-state index contributed by atoms with van der Waals surface area (Å²) in [6, 6.07) is 40.2. The van der Waals surface area contributed by atoms with Gasteiger partial charge in [-0.15, -0.1) is 5.11 Å². The maximum absolute atomic E-state index is 4.98. The summed E-state index contributed by atoms with van der Waals surface area (Å²) in [5.41, 5.74) is 5.37. The van der Waals surface area contributed by atoms with E-state index in [-0.39, 0.29) is 0 Å². The van der Waals surface area contributed by atoms with Gasteiger partial charge in [0.15, 0.2) is 11.5 Å². The molecule has 5 rings (SSSR count). The Balaban J connectivity index is 1.65. The number of nitrogens with zero attached hydrogens (tertiary/aromatic N) is 4. The summed E-state index contributed by atoms with van der Waals surface area (Å²) in [5.74, 6) is 0.795. The largest absolute Gasteiger partial charge is 0.364 e. The molecule has 0 amide bonds. The van der Waals surface area contributed by atoms with Crippen LogP contribution in [0.15, 0.2) is 132 Å². The fraction of sp³-hybridized carbons (Fsp3) is 0.0357. The fourth-order valence-corrected chi connectivity index (χ4v) is 3.59. The van der Waals surface area contributed by atoms with Crippen LogP contribution in [-0.2, 0) is 6.54 Å². The third-order valence-electron chi connectivity index (χ3n) is 5.23. The number of hydrogen-bond donors (Lipinski definition) is 1. The van der Waals surface area contributed by atoms with Crippen LogP contribution >= 0.6 is 0 Å². The molecule has 1 heterocycles. The normalized spacial score (nSPS) is 11.0. The Hall–Kier alpha value is -4.51. The van der Waals surface area contributed by atoms with Crippen molar-refractivity contribution in [3.63, 3.8) is 0 Å². The predicted molar refractivity (Wildman–Crippen MR) is 133 cm³/mol. The van der Waals surface area contributed by atoms with Gasteiger partial charge in [0.25, 0.3) is 0 Å². The summed E-state index contributed by atoms with van der Waals surface area (Å²) in [6.45, 7) is 0.640. The van der Waals surface area contributed by atoms with Crippen LogP contribution in [0.1, 0.15) is 5.56 Å². The molecule has 0 bridgehead atoms. The molecule has 0 unspecified atom stereocenters. The maximum atomic E-state index is 4.98. The highest BCUT2D eigenvalue weighted by molar-refractivity contribution is 5.82. The highest BCUT2D eigenvalue weighted by Crippen LogP contribution is 2.39. The van der Waals surface area contributed by atoms with E-state index in [2.05, 4.69) is 22.6 Å². The Bertz CT molecular complexity index is 1330. The van der Waals surface area contributed by atoms with Crippen LogP contribution in [0, 0.1) is 0 Å². The zero-order valence-electron chi connectivity index (χ0n) is 18.0. The van der Waals surface area contributed by atoms with Gasteiger partial charge < -0.3 is 5.32 Å². The zero-order valence-corrected chi connectivity index (χ0v) is 18.0. The van der Waals surface area contributed by atoms with E-state index in [4.69, 9.17) is 10.2 Å². The topological polar surface area (TPSA) is 54.6 Å². The number of benzene rings is 4. The van der Waals surface area contributed by atoms with Gasteiger partial charge in [-0.1, -0.05) is 97.1 Å². The van der Waals surface area contributed by atoms with E-state index in [1.165, 1.54) is 5.56 Å². The van der Waals surface area contributed by atoms with Crippen molar-refractivity contribution < 1.29 is 0 Å². The first-order chi connectivity index (χ1) is 16.4. The number of para-hydroxylation sites is 1. The van der Waals surface area contributed by atoms with Crippen molar-refractivity contribution in [1.82, 2.24) is 9.78 Å².